The fraction of sp³-hybridized carbons (Fsp3) is 0.625. The van der Waals surface area contributed by atoms with Crippen LogP contribution < -0.4 is 0 Å². The number of hydrogen-bond donors (Lipinski definition) is 1. The highest BCUT2D eigenvalue weighted by molar-refractivity contribution is 5.74. The predicted octanol–water partition coefficient (Wildman–Crippen LogP) is 0.732. The third-order valence-electron chi connectivity index (χ3n) is 1.40. The number of rotatable bonds is 4. The van der Waals surface area contributed by atoms with Crippen molar-refractivity contribution < 1.29 is 14.6 Å². The molecule has 0 aromatic heterocycles. The first-order chi connectivity index (χ1) is 5.13. The molecule has 0 radical (unpaired) electrons. The van der Waals surface area contributed by atoms with Crippen LogP contribution in [-0.4, -0.2) is 23.8 Å². The summed E-state index contributed by atoms with van der Waals surface area (Å²) < 4.78 is 4.59. The van der Waals surface area contributed by atoms with Gasteiger partial charge in [0.1, 0.15) is 0 Å². The van der Waals surface area contributed by atoms with Gasteiger partial charge in [-0.05, 0) is 6.92 Å². The van der Waals surface area contributed by atoms with Crippen molar-refractivity contribution in [3.05, 3.63) is 12.7 Å². The summed E-state index contributed by atoms with van der Waals surface area (Å²) in [6.07, 6.45) is 0.439. The highest BCUT2D eigenvalue weighted by Gasteiger charge is 2.20. The summed E-state index contributed by atoms with van der Waals surface area (Å²) in [5.41, 5.74) is 0. The number of esters is 1. The van der Waals surface area contributed by atoms with Crippen molar-refractivity contribution in [3.8, 4) is 0 Å². The Hall–Kier alpha value is -0.830. The number of carbonyl (C=O) groups excluding carboxylic acids is 1. The van der Waals surface area contributed by atoms with Crippen LogP contribution >= 0.6 is 0 Å². The maximum Gasteiger partial charge on any atom is 0.335 e. The quantitative estimate of drug-likeness (QED) is 0.484. The van der Waals surface area contributed by atoms with Gasteiger partial charge in [-0.1, -0.05) is 13.0 Å². The Labute approximate surface area is 66.7 Å². The second-order valence-electron chi connectivity index (χ2n) is 2.29. The van der Waals surface area contributed by atoms with E-state index in [4.69, 9.17) is 0 Å². The lowest BCUT2D eigenvalue weighted by atomic mass is 10.1. The van der Waals surface area contributed by atoms with E-state index in [0.717, 1.165) is 0 Å². The lowest BCUT2D eigenvalue weighted by molar-refractivity contribution is -0.154. The van der Waals surface area contributed by atoms with E-state index in [1.54, 1.807) is 13.8 Å². The van der Waals surface area contributed by atoms with E-state index >= 15 is 0 Å². The minimum Gasteiger partial charge on any atom is -0.464 e. The van der Waals surface area contributed by atoms with E-state index < -0.39 is 12.1 Å². The van der Waals surface area contributed by atoms with Crippen molar-refractivity contribution >= 4 is 5.97 Å². The zero-order valence-corrected chi connectivity index (χ0v) is 6.91. The molecule has 0 amide bonds. The van der Waals surface area contributed by atoms with Crippen LogP contribution in [0.1, 0.15) is 13.8 Å². The number of hydrogen-bond acceptors (Lipinski definition) is 3. The summed E-state index contributed by atoms with van der Waals surface area (Å²) in [5.74, 6) is -0.839. The first kappa shape index (κ1) is 10.2. The number of aliphatic hydroxyl groups is 1. The van der Waals surface area contributed by atoms with Gasteiger partial charge in [0.05, 0.1) is 6.61 Å². The van der Waals surface area contributed by atoms with E-state index in [9.17, 15) is 9.90 Å². The lowest BCUT2D eigenvalue weighted by Gasteiger charge is -2.12. The highest BCUT2D eigenvalue weighted by Crippen LogP contribution is 2.04. The molecule has 0 rings (SSSR count). The molecule has 0 unspecified atom stereocenters. The maximum atomic E-state index is 10.8. The largest absolute Gasteiger partial charge is 0.464 e. The van der Waals surface area contributed by atoms with Crippen LogP contribution in [0.15, 0.2) is 12.7 Å². The average molecular weight is 158 g/mol. The minimum absolute atomic E-state index is 0.256. The van der Waals surface area contributed by atoms with Gasteiger partial charge in [0.2, 0.25) is 0 Å². The molecule has 0 saturated carbocycles. The van der Waals surface area contributed by atoms with Gasteiger partial charge in [0.25, 0.3) is 0 Å². The summed E-state index contributed by atoms with van der Waals surface area (Å²) in [4.78, 5) is 10.8. The van der Waals surface area contributed by atoms with Crippen LogP contribution in [0.25, 0.3) is 0 Å². The first-order valence-electron chi connectivity index (χ1n) is 3.60. The third-order valence-corrected chi connectivity index (χ3v) is 1.40. The van der Waals surface area contributed by atoms with Gasteiger partial charge in [-0.15, -0.1) is 6.58 Å². The Morgan fingerprint density at radius 3 is 2.73 bits per heavy atom. The van der Waals surface area contributed by atoms with Gasteiger partial charge in [-0.2, -0.15) is 0 Å². The zero-order chi connectivity index (χ0) is 8.85. The molecule has 3 nitrogen and oxygen atoms in total. The van der Waals surface area contributed by atoms with Crippen LogP contribution in [0, 0.1) is 5.92 Å². The SMILES string of the molecule is C=C[C@H](C)[C@H](O)C(=O)OCC. The number of carbonyl (C=O) groups is 1. The molecule has 0 saturated heterocycles. The third kappa shape index (κ3) is 3.18. The van der Waals surface area contributed by atoms with Crippen LogP contribution in [0.2, 0.25) is 0 Å². The molecule has 0 aliphatic rings. The van der Waals surface area contributed by atoms with E-state index in [1.165, 1.54) is 6.08 Å². The van der Waals surface area contributed by atoms with Crippen molar-refractivity contribution in [2.45, 2.75) is 20.0 Å². The summed E-state index contributed by atoms with van der Waals surface area (Å²) >= 11 is 0. The molecule has 3 heteroatoms. The van der Waals surface area contributed by atoms with Crippen LogP contribution in [0.5, 0.6) is 0 Å². The molecule has 0 aliphatic heterocycles. The zero-order valence-electron chi connectivity index (χ0n) is 6.91. The fourth-order valence-corrected chi connectivity index (χ4v) is 0.571. The first-order valence-corrected chi connectivity index (χ1v) is 3.60. The van der Waals surface area contributed by atoms with Crippen molar-refractivity contribution in [1.29, 1.82) is 0 Å². The lowest BCUT2D eigenvalue weighted by Crippen LogP contribution is -2.28. The van der Waals surface area contributed by atoms with Crippen molar-refractivity contribution in [2.24, 2.45) is 5.92 Å². The Balaban J connectivity index is 3.90. The van der Waals surface area contributed by atoms with Crippen molar-refractivity contribution in [1.82, 2.24) is 0 Å². The summed E-state index contributed by atoms with van der Waals surface area (Å²) in [6, 6.07) is 0. The molecule has 0 aromatic rings. The molecule has 0 aromatic carbocycles. The van der Waals surface area contributed by atoms with Crippen LogP contribution in [0.4, 0.5) is 0 Å². The molecule has 0 bridgehead atoms. The fourth-order valence-electron chi connectivity index (χ4n) is 0.571. The summed E-state index contributed by atoms with van der Waals surface area (Å²) in [6.45, 7) is 7.15. The van der Waals surface area contributed by atoms with E-state index in [-0.39, 0.29) is 5.92 Å². The van der Waals surface area contributed by atoms with Gasteiger partial charge < -0.3 is 9.84 Å². The topological polar surface area (TPSA) is 46.5 Å². The Bertz CT molecular complexity index is 142. The summed E-state index contributed by atoms with van der Waals surface area (Å²) in [7, 11) is 0. The standard InChI is InChI=1S/C8H14O3/c1-4-6(3)7(9)8(10)11-5-2/h4,6-7,9H,1,5H2,2-3H3/t6-,7-/m0/s1. The summed E-state index contributed by atoms with van der Waals surface area (Å²) in [5, 5.41) is 9.17. The normalized spacial score (nSPS) is 15.2. The molecule has 1 N–H and O–H groups in total. The molecule has 0 heterocycles. The van der Waals surface area contributed by atoms with Crippen LogP contribution in [-0.2, 0) is 9.53 Å². The molecule has 0 spiro atoms. The van der Waals surface area contributed by atoms with E-state index in [0.29, 0.717) is 6.61 Å². The van der Waals surface area contributed by atoms with Gasteiger partial charge in [0.15, 0.2) is 6.10 Å². The van der Waals surface area contributed by atoms with E-state index in [1.807, 2.05) is 0 Å². The van der Waals surface area contributed by atoms with Crippen molar-refractivity contribution in [3.63, 3.8) is 0 Å². The second kappa shape index (κ2) is 4.91. The molecular weight excluding hydrogens is 144 g/mol. The Morgan fingerprint density at radius 1 is 1.82 bits per heavy atom. The van der Waals surface area contributed by atoms with E-state index in [2.05, 4.69) is 11.3 Å². The monoisotopic (exact) mass is 158 g/mol. The maximum absolute atomic E-state index is 10.8. The molecule has 2 atom stereocenters. The average Bonchev–Trinajstić information content (AvgIpc) is 2.02. The molecule has 0 aliphatic carbocycles. The Kier molecular flexibility index (Phi) is 4.54. The second-order valence-corrected chi connectivity index (χ2v) is 2.29. The van der Waals surface area contributed by atoms with Gasteiger partial charge in [-0.25, -0.2) is 4.79 Å². The predicted molar refractivity (Wildman–Crippen MR) is 42.0 cm³/mol. The molecule has 0 fully saturated rings. The van der Waals surface area contributed by atoms with Gasteiger partial charge >= 0.3 is 5.97 Å². The molecule has 11 heavy (non-hydrogen) atoms. The Morgan fingerprint density at radius 2 is 2.36 bits per heavy atom. The smallest absolute Gasteiger partial charge is 0.335 e. The molecule has 64 valence electrons. The highest BCUT2D eigenvalue weighted by atomic mass is 16.5. The number of ether oxygens (including phenoxy) is 1. The van der Waals surface area contributed by atoms with Gasteiger partial charge in [0, 0.05) is 5.92 Å². The van der Waals surface area contributed by atoms with Crippen LogP contribution in [0.3, 0.4) is 0 Å². The minimum atomic E-state index is -1.08. The van der Waals surface area contributed by atoms with Crippen molar-refractivity contribution in [2.75, 3.05) is 6.61 Å². The molecular formula is C8H14O3. The number of aliphatic hydroxyl groups excluding tert-OH is 1. The van der Waals surface area contributed by atoms with Gasteiger partial charge in [-0.3, -0.25) is 0 Å².